The number of hydrogen-bond donors (Lipinski definition) is 1. The van der Waals surface area contributed by atoms with Crippen LogP contribution in [0.15, 0.2) is 24.5 Å². The third-order valence-corrected chi connectivity index (χ3v) is 2.59. The lowest BCUT2D eigenvalue weighted by atomic mass is 10.1. The standard InChI is InChI=1S/C10H14N2.CHBO2/c1-12-7-3-5-10(12)9-4-2-6-11-8-9;2-1(3)4/h2,4,6,8,10H,3,5,7H2,1H3;(H,3,4). The van der Waals surface area contributed by atoms with Crippen LogP contribution >= 0.6 is 0 Å². The van der Waals surface area contributed by atoms with Gasteiger partial charge in [0.1, 0.15) is 0 Å². The summed E-state index contributed by atoms with van der Waals surface area (Å²) in [7, 11) is 6.21. The van der Waals surface area contributed by atoms with Gasteiger partial charge in [-0.3, -0.25) is 14.7 Å². The van der Waals surface area contributed by atoms with Gasteiger partial charge < -0.3 is 5.11 Å². The van der Waals surface area contributed by atoms with Crippen molar-refractivity contribution in [1.29, 1.82) is 0 Å². The van der Waals surface area contributed by atoms with Crippen LogP contribution in [-0.2, 0) is 0 Å². The topological polar surface area (TPSA) is 53.4 Å². The Balaban J connectivity index is 0.000000280. The summed E-state index contributed by atoms with van der Waals surface area (Å²) < 4.78 is 0. The second-order valence-corrected chi connectivity index (χ2v) is 3.76. The largest absolute Gasteiger partial charge is 0.490 e. The molecule has 0 bridgehead atoms. The number of rotatable bonds is 1. The Labute approximate surface area is 96.7 Å². The van der Waals surface area contributed by atoms with E-state index in [1.54, 1.807) is 0 Å². The molecule has 1 aliphatic heterocycles. The Morgan fingerprint density at radius 2 is 2.38 bits per heavy atom. The molecule has 2 radical (unpaired) electrons. The minimum atomic E-state index is -1.33. The van der Waals surface area contributed by atoms with Gasteiger partial charge >= 0.3 is 0 Å². The highest BCUT2D eigenvalue weighted by Crippen LogP contribution is 2.29. The summed E-state index contributed by atoms with van der Waals surface area (Å²) in [4.78, 5) is 15.3. The van der Waals surface area contributed by atoms with Crippen molar-refractivity contribution in [3.63, 3.8) is 0 Å². The molecule has 1 aromatic heterocycles. The minimum absolute atomic E-state index is 0.610. The summed E-state index contributed by atoms with van der Waals surface area (Å²) in [5.74, 6) is -1.33. The zero-order valence-electron chi connectivity index (χ0n) is 9.34. The van der Waals surface area contributed by atoms with E-state index in [1.807, 2.05) is 18.5 Å². The van der Waals surface area contributed by atoms with E-state index < -0.39 is 5.87 Å². The Morgan fingerprint density at radius 3 is 2.81 bits per heavy atom. The molecule has 1 N–H and O–H groups in total. The SMILES string of the molecule is CN1CCCC1c1cccnc1.[B]C(=O)O. The third-order valence-electron chi connectivity index (χ3n) is 2.59. The van der Waals surface area contributed by atoms with Crippen LogP contribution in [0.3, 0.4) is 0 Å². The summed E-state index contributed by atoms with van der Waals surface area (Å²) in [6.45, 7) is 1.22. The van der Waals surface area contributed by atoms with Crippen LogP contribution in [0.2, 0.25) is 0 Å². The maximum Gasteiger partial charge on any atom is 0.233 e. The molecule has 1 aliphatic rings. The number of carboxylic acid groups (broad SMARTS) is 1. The van der Waals surface area contributed by atoms with Gasteiger partial charge in [-0.05, 0) is 38.1 Å². The van der Waals surface area contributed by atoms with Crippen molar-refractivity contribution >= 4 is 13.7 Å². The lowest BCUT2D eigenvalue weighted by Gasteiger charge is -2.18. The first-order valence-corrected chi connectivity index (χ1v) is 5.20. The van der Waals surface area contributed by atoms with Gasteiger partial charge in [-0.2, -0.15) is 0 Å². The molecule has 1 fully saturated rings. The van der Waals surface area contributed by atoms with Gasteiger partial charge in [-0.15, -0.1) is 0 Å². The highest BCUT2D eigenvalue weighted by atomic mass is 16.4. The summed E-state index contributed by atoms with van der Waals surface area (Å²) in [5.41, 5.74) is 1.36. The molecule has 1 saturated heterocycles. The quantitative estimate of drug-likeness (QED) is 0.728. The van der Waals surface area contributed by atoms with E-state index in [0.29, 0.717) is 6.04 Å². The maximum absolute atomic E-state index is 8.78. The molecular formula is C11H15BN2O2. The average molecular weight is 218 g/mol. The zero-order chi connectivity index (χ0) is 12.0. The fraction of sp³-hybridized carbons (Fsp3) is 0.455. The van der Waals surface area contributed by atoms with Crippen LogP contribution in [0.5, 0.6) is 0 Å². The first-order chi connectivity index (χ1) is 7.61. The fourth-order valence-corrected chi connectivity index (χ4v) is 1.90. The molecule has 16 heavy (non-hydrogen) atoms. The molecule has 1 unspecified atom stereocenters. The van der Waals surface area contributed by atoms with Crippen molar-refractivity contribution in [3.8, 4) is 0 Å². The molecule has 1 atom stereocenters. The lowest BCUT2D eigenvalue weighted by molar-refractivity contribution is 0.220. The Morgan fingerprint density at radius 1 is 1.69 bits per heavy atom. The van der Waals surface area contributed by atoms with E-state index in [-0.39, 0.29) is 0 Å². The lowest BCUT2D eigenvalue weighted by Crippen LogP contribution is -2.17. The van der Waals surface area contributed by atoms with Crippen molar-refractivity contribution in [1.82, 2.24) is 9.88 Å². The number of aromatic nitrogens is 1. The normalized spacial score (nSPS) is 19.9. The highest BCUT2D eigenvalue weighted by Gasteiger charge is 2.21. The van der Waals surface area contributed by atoms with Gasteiger partial charge in [0.2, 0.25) is 13.7 Å². The first kappa shape index (κ1) is 12.7. The average Bonchev–Trinajstić information content (AvgIpc) is 2.65. The van der Waals surface area contributed by atoms with Crippen molar-refractivity contribution in [2.45, 2.75) is 18.9 Å². The van der Waals surface area contributed by atoms with Crippen LogP contribution in [0.4, 0.5) is 4.79 Å². The smallest absolute Gasteiger partial charge is 0.233 e. The molecule has 4 nitrogen and oxygen atoms in total. The van der Waals surface area contributed by atoms with Crippen molar-refractivity contribution < 1.29 is 9.90 Å². The van der Waals surface area contributed by atoms with Gasteiger partial charge in [0.25, 0.3) is 0 Å². The summed E-state index contributed by atoms with van der Waals surface area (Å²) in [6, 6.07) is 4.79. The van der Waals surface area contributed by atoms with Crippen LogP contribution < -0.4 is 0 Å². The highest BCUT2D eigenvalue weighted by molar-refractivity contribution is 6.54. The zero-order valence-corrected chi connectivity index (χ0v) is 9.34. The maximum atomic E-state index is 8.78. The molecule has 2 heterocycles. The van der Waals surface area contributed by atoms with Gasteiger partial charge in [0.15, 0.2) is 0 Å². The molecule has 2 rings (SSSR count). The molecule has 0 amide bonds. The summed E-state index contributed by atoms with van der Waals surface area (Å²) >= 11 is 0. The minimum Gasteiger partial charge on any atom is -0.490 e. The monoisotopic (exact) mass is 218 g/mol. The van der Waals surface area contributed by atoms with E-state index in [0.717, 1.165) is 0 Å². The third kappa shape index (κ3) is 4.02. The number of carbonyl (C=O) groups is 1. The predicted molar refractivity (Wildman–Crippen MR) is 62.6 cm³/mol. The first-order valence-electron chi connectivity index (χ1n) is 5.20. The van der Waals surface area contributed by atoms with Gasteiger partial charge in [-0.1, -0.05) is 6.07 Å². The molecule has 0 aliphatic carbocycles. The number of likely N-dealkylation sites (tertiary alicyclic amines) is 1. The fourth-order valence-electron chi connectivity index (χ4n) is 1.90. The molecular weight excluding hydrogens is 203 g/mol. The van der Waals surface area contributed by atoms with Gasteiger partial charge in [-0.25, -0.2) is 0 Å². The van der Waals surface area contributed by atoms with Crippen LogP contribution in [-0.4, -0.2) is 42.3 Å². The van der Waals surface area contributed by atoms with E-state index in [1.165, 1.54) is 24.9 Å². The van der Waals surface area contributed by atoms with Crippen LogP contribution in [0.1, 0.15) is 24.4 Å². The van der Waals surface area contributed by atoms with Crippen LogP contribution in [0.25, 0.3) is 0 Å². The Bertz CT molecular complexity index is 328. The summed E-state index contributed by atoms with van der Waals surface area (Å²) in [6.07, 6.45) is 6.41. The molecule has 0 saturated carbocycles. The van der Waals surface area contributed by atoms with Gasteiger partial charge in [0, 0.05) is 18.4 Å². The predicted octanol–water partition coefficient (Wildman–Crippen LogP) is 1.68. The molecule has 5 heteroatoms. The van der Waals surface area contributed by atoms with E-state index in [2.05, 4.69) is 30.8 Å². The number of nitrogens with zero attached hydrogens (tertiary/aromatic N) is 2. The summed E-state index contributed by atoms with van der Waals surface area (Å²) in [5, 5.41) is 7.19. The van der Waals surface area contributed by atoms with Gasteiger partial charge in [0.05, 0.1) is 0 Å². The Hall–Kier alpha value is -1.36. The Kier molecular flexibility index (Phi) is 4.99. The van der Waals surface area contributed by atoms with E-state index >= 15 is 0 Å². The second kappa shape index (κ2) is 6.28. The molecule has 1 aromatic rings. The van der Waals surface area contributed by atoms with Crippen molar-refractivity contribution in [2.75, 3.05) is 13.6 Å². The number of pyridine rings is 1. The second-order valence-electron chi connectivity index (χ2n) is 3.76. The van der Waals surface area contributed by atoms with Crippen LogP contribution in [0, 0.1) is 0 Å². The molecule has 0 spiro atoms. The molecule has 0 aromatic carbocycles. The van der Waals surface area contributed by atoms with E-state index in [9.17, 15) is 0 Å². The molecule has 84 valence electrons. The van der Waals surface area contributed by atoms with E-state index in [4.69, 9.17) is 9.90 Å². The van der Waals surface area contributed by atoms with Crippen molar-refractivity contribution in [2.24, 2.45) is 0 Å². The number of hydrogen-bond acceptors (Lipinski definition) is 3. The van der Waals surface area contributed by atoms with Crippen molar-refractivity contribution in [3.05, 3.63) is 30.1 Å².